The quantitative estimate of drug-likeness (QED) is 0.626. The van der Waals surface area contributed by atoms with E-state index >= 15 is 0 Å². The lowest BCUT2D eigenvalue weighted by molar-refractivity contribution is 0.0526. The summed E-state index contributed by atoms with van der Waals surface area (Å²) in [7, 11) is 1.89. The fourth-order valence-electron chi connectivity index (χ4n) is 1.99. The van der Waals surface area contributed by atoms with Crippen LogP contribution in [-0.2, 0) is 18.2 Å². The van der Waals surface area contributed by atoms with Gasteiger partial charge in [0.25, 0.3) is 0 Å². The van der Waals surface area contributed by atoms with E-state index in [9.17, 15) is 4.79 Å². The topological polar surface area (TPSA) is 82.2 Å². The molecule has 0 fully saturated rings. The van der Waals surface area contributed by atoms with Crippen molar-refractivity contribution < 1.29 is 9.53 Å². The first-order chi connectivity index (χ1) is 10.1. The molecule has 0 aliphatic heterocycles. The normalized spacial score (nSPS) is 10.4. The Morgan fingerprint density at radius 3 is 2.95 bits per heavy atom. The van der Waals surface area contributed by atoms with Crippen LogP contribution < -0.4 is 11.1 Å². The zero-order valence-electron chi connectivity index (χ0n) is 12.3. The van der Waals surface area contributed by atoms with Crippen LogP contribution in [0.2, 0.25) is 0 Å². The average molecular weight is 288 g/mol. The Labute approximate surface area is 123 Å². The van der Waals surface area contributed by atoms with Gasteiger partial charge in [-0.2, -0.15) is 5.10 Å². The highest BCUT2D eigenvalue weighted by atomic mass is 16.5. The number of nitrogens with one attached hydrogen (secondary N) is 1. The molecule has 0 spiro atoms. The Bertz CT molecular complexity index is 622. The number of carbonyl (C=O) groups is 1. The van der Waals surface area contributed by atoms with E-state index in [1.54, 1.807) is 29.8 Å². The van der Waals surface area contributed by atoms with Gasteiger partial charge in [-0.05, 0) is 37.1 Å². The predicted molar refractivity (Wildman–Crippen MR) is 82.2 cm³/mol. The molecule has 112 valence electrons. The van der Waals surface area contributed by atoms with Crippen LogP contribution in [0.25, 0.3) is 0 Å². The summed E-state index contributed by atoms with van der Waals surface area (Å²) in [6.07, 6.45) is 4.64. The van der Waals surface area contributed by atoms with Gasteiger partial charge in [0.05, 0.1) is 29.7 Å². The maximum absolute atomic E-state index is 11.7. The highest BCUT2D eigenvalue weighted by Crippen LogP contribution is 2.20. The van der Waals surface area contributed by atoms with Gasteiger partial charge in [-0.3, -0.25) is 4.68 Å². The largest absolute Gasteiger partial charge is 0.462 e. The number of carbonyl (C=O) groups excluding carboxylic acids is 1. The smallest absolute Gasteiger partial charge is 0.338 e. The number of ether oxygens (including phenoxy) is 1. The van der Waals surface area contributed by atoms with E-state index in [-0.39, 0.29) is 5.97 Å². The number of esters is 1. The van der Waals surface area contributed by atoms with E-state index in [4.69, 9.17) is 10.5 Å². The molecule has 3 N–H and O–H groups in total. The summed E-state index contributed by atoms with van der Waals surface area (Å²) in [5, 5.41) is 7.36. The van der Waals surface area contributed by atoms with Gasteiger partial charge in [0.15, 0.2) is 0 Å². The molecule has 0 saturated heterocycles. The first-order valence-electron chi connectivity index (χ1n) is 6.88. The molecule has 1 aromatic heterocycles. The number of nitrogens with zero attached hydrogens (tertiary/aromatic N) is 2. The SMILES string of the molecule is CCOC(=O)c1ccc(N)c(NCCc2cnn(C)c2)c1. The highest BCUT2D eigenvalue weighted by Gasteiger charge is 2.09. The number of benzene rings is 1. The number of hydrogen-bond donors (Lipinski definition) is 2. The van der Waals surface area contributed by atoms with Crippen molar-refractivity contribution in [2.24, 2.45) is 7.05 Å². The average Bonchev–Trinajstić information content (AvgIpc) is 2.87. The molecule has 0 aliphatic carbocycles. The zero-order valence-corrected chi connectivity index (χ0v) is 12.3. The van der Waals surface area contributed by atoms with Crippen molar-refractivity contribution >= 4 is 17.3 Å². The molecule has 2 aromatic rings. The monoisotopic (exact) mass is 288 g/mol. The van der Waals surface area contributed by atoms with Crippen molar-refractivity contribution in [3.8, 4) is 0 Å². The minimum atomic E-state index is -0.340. The van der Waals surface area contributed by atoms with Gasteiger partial charge in [-0.15, -0.1) is 0 Å². The van der Waals surface area contributed by atoms with E-state index in [0.717, 1.165) is 17.7 Å². The number of nitrogens with two attached hydrogens (primary N) is 1. The number of rotatable bonds is 6. The summed E-state index contributed by atoms with van der Waals surface area (Å²) in [5.41, 5.74) is 8.90. The second-order valence-electron chi connectivity index (χ2n) is 4.72. The Morgan fingerprint density at radius 2 is 2.29 bits per heavy atom. The molecule has 1 aromatic carbocycles. The molecule has 0 atom stereocenters. The summed E-state index contributed by atoms with van der Waals surface area (Å²) >= 11 is 0. The summed E-state index contributed by atoms with van der Waals surface area (Å²) in [6, 6.07) is 5.09. The van der Waals surface area contributed by atoms with Gasteiger partial charge in [0.1, 0.15) is 0 Å². The molecular weight excluding hydrogens is 268 g/mol. The van der Waals surface area contributed by atoms with Crippen LogP contribution in [-0.4, -0.2) is 28.9 Å². The van der Waals surface area contributed by atoms with Crippen LogP contribution in [0.5, 0.6) is 0 Å². The number of aromatic nitrogens is 2. The third-order valence-electron chi connectivity index (χ3n) is 3.05. The van der Waals surface area contributed by atoms with Crippen LogP contribution in [0.3, 0.4) is 0 Å². The van der Waals surface area contributed by atoms with E-state index in [1.165, 1.54) is 0 Å². The Hall–Kier alpha value is -2.50. The maximum Gasteiger partial charge on any atom is 0.338 e. The fraction of sp³-hybridized carbons (Fsp3) is 0.333. The van der Waals surface area contributed by atoms with E-state index in [0.29, 0.717) is 24.4 Å². The van der Waals surface area contributed by atoms with E-state index in [2.05, 4.69) is 10.4 Å². The van der Waals surface area contributed by atoms with Crippen molar-refractivity contribution in [1.29, 1.82) is 0 Å². The molecule has 0 saturated carbocycles. The second kappa shape index (κ2) is 6.78. The van der Waals surface area contributed by atoms with Crippen LogP contribution >= 0.6 is 0 Å². The molecule has 0 radical (unpaired) electrons. The lowest BCUT2D eigenvalue weighted by atomic mass is 10.1. The summed E-state index contributed by atoms with van der Waals surface area (Å²) in [6.45, 7) is 2.84. The molecule has 0 unspecified atom stereocenters. The molecule has 0 aliphatic rings. The Kier molecular flexibility index (Phi) is 4.81. The minimum Gasteiger partial charge on any atom is -0.462 e. The van der Waals surface area contributed by atoms with Crippen LogP contribution in [0.4, 0.5) is 11.4 Å². The van der Waals surface area contributed by atoms with Gasteiger partial charge in [-0.1, -0.05) is 0 Å². The number of nitrogen functional groups attached to an aromatic ring is 1. The van der Waals surface area contributed by atoms with Crippen LogP contribution in [0.15, 0.2) is 30.6 Å². The van der Waals surface area contributed by atoms with Gasteiger partial charge in [0, 0.05) is 19.8 Å². The van der Waals surface area contributed by atoms with Gasteiger partial charge in [0.2, 0.25) is 0 Å². The van der Waals surface area contributed by atoms with Crippen molar-refractivity contribution in [1.82, 2.24) is 9.78 Å². The number of aryl methyl sites for hydroxylation is 1. The lowest BCUT2D eigenvalue weighted by Gasteiger charge is -2.10. The molecule has 0 amide bonds. The van der Waals surface area contributed by atoms with Crippen molar-refractivity contribution in [2.45, 2.75) is 13.3 Å². The molecule has 1 heterocycles. The molecule has 2 rings (SSSR count). The summed E-state index contributed by atoms with van der Waals surface area (Å²) in [4.78, 5) is 11.7. The molecule has 6 nitrogen and oxygen atoms in total. The minimum absolute atomic E-state index is 0.340. The second-order valence-corrected chi connectivity index (χ2v) is 4.72. The third kappa shape index (κ3) is 3.98. The van der Waals surface area contributed by atoms with Gasteiger partial charge < -0.3 is 15.8 Å². The van der Waals surface area contributed by atoms with Gasteiger partial charge >= 0.3 is 5.97 Å². The first-order valence-corrected chi connectivity index (χ1v) is 6.88. The molecular formula is C15H20N4O2. The van der Waals surface area contributed by atoms with Crippen molar-refractivity contribution in [2.75, 3.05) is 24.2 Å². The number of hydrogen-bond acceptors (Lipinski definition) is 5. The fourth-order valence-corrected chi connectivity index (χ4v) is 1.99. The predicted octanol–water partition coefficient (Wildman–Crippen LogP) is 1.83. The summed E-state index contributed by atoms with van der Waals surface area (Å²) < 4.78 is 6.75. The maximum atomic E-state index is 11.7. The molecule has 0 bridgehead atoms. The summed E-state index contributed by atoms with van der Waals surface area (Å²) in [5.74, 6) is -0.340. The molecule has 6 heteroatoms. The van der Waals surface area contributed by atoms with Crippen LogP contribution in [0.1, 0.15) is 22.8 Å². The Balaban J connectivity index is 1.98. The van der Waals surface area contributed by atoms with E-state index < -0.39 is 0 Å². The third-order valence-corrected chi connectivity index (χ3v) is 3.05. The van der Waals surface area contributed by atoms with E-state index in [1.807, 2.05) is 19.4 Å². The zero-order chi connectivity index (χ0) is 15.2. The van der Waals surface area contributed by atoms with Crippen molar-refractivity contribution in [3.05, 3.63) is 41.7 Å². The standard InChI is InChI=1S/C15H20N4O2/c1-3-21-15(20)12-4-5-13(16)14(8-12)17-7-6-11-9-18-19(2)10-11/h4-5,8-10,17H,3,6-7,16H2,1-2H3. The Morgan fingerprint density at radius 1 is 1.48 bits per heavy atom. The first kappa shape index (κ1) is 14.9. The van der Waals surface area contributed by atoms with Gasteiger partial charge in [-0.25, -0.2) is 4.79 Å². The molecule has 21 heavy (non-hydrogen) atoms. The lowest BCUT2D eigenvalue weighted by Crippen LogP contribution is -2.09. The van der Waals surface area contributed by atoms with Crippen LogP contribution in [0, 0.1) is 0 Å². The number of anilines is 2. The van der Waals surface area contributed by atoms with Crippen molar-refractivity contribution in [3.63, 3.8) is 0 Å². The highest BCUT2D eigenvalue weighted by molar-refractivity contribution is 5.92.